The molecule has 0 radical (unpaired) electrons. The lowest BCUT2D eigenvalue weighted by atomic mass is 9.87. The summed E-state index contributed by atoms with van der Waals surface area (Å²) in [7, 11) is -16.4. The molecule has 2 aromatic rings. The molecule has 2 amide bonds. The van der Waals surface area contributed by atoms with Crippen molar-refractivity contribution < 1.29 is 85.6 Å². The molecule has 2 aromatic heterocycles. The number of amides is 2. The Morgan fingerprint density at radius 1 is 1.02 bits per heavy atom. The highest BCUT2D eigenvalue weighted by Crippen LogP contribution is 2.61. The summed E-state index contributed by atoms with van der Waals surface area (Å²) in [5.74, 6) is -1.32. The molecule has 8 unspecified atom stereocenters. The molecule has 1 fully saturated rings. The van der Waals surface area contributed by atoms with Crippen molar-refractivity contribution in [2.75, 3.05) is 37.8 Å². The number of rotatable bonds is 27. The Morgan fingerprint density at radius 2 is 1.70 bits per heavy atom. The van der Waals surface area contributed by atoms with E-state index < -0.39 is 95.8 Å². The summed E-state index contributed by atoms with van der Waals surface area (Å²) < 4.78 is 62.2. The third-order valence-corrected chi connectivity index (χ3v) is 12.8. The molecule has 1 aliphatic heterocycles. The summed E-state index contributed by atoms with van der Waals surface area (Å²) in [5, 5.41) is 36.1. The number of nitrogen functional groups attached to an aromatic ring is 1. The molecule has 0 aromatic carbocycles. The van der Waals surface area contributed by atoms with Crippen LogP contribution in [0.2, 0.25) is 0 Å². The van der Waals surface area contributed by atoms with Crippen molar-refractivity contribution in [2.45, 2.75) is 102 Å². The second-order valence-corrected chi connectivity index (χ2v) is 19.6. The molecular weight excluding hydrogens is 895 g/mol. The van der Waals surface area contributed by atoms with Crippen LogP contribution < -0.4 is 16.4 Å². The zero-order chi connectivity index (χ0) is 45.6. The molecule has 3 rings (SSSR count). The Bertz CT molecular complexity index is 1950. The van der Waals surface area contributed by atoms with Crippen LogP contribution in [0.25, 0.3) is 11.2 Å². The third kappa shape index (κ3) is 17.4. The van der Waals surface area contributed by atoms with E-state index in [0.717, 1.165) is 54.7 Å². The molecule has 61 heavy (non-hydrogen) atoms. The largest absolute Gasteiger partial charge is 0.481 e. The molecule has 1 saturated heterocycles. The minimum absolute atomic E-state index is 0.0258. The summed E-state index contributed by atoms with van der Waals surface area (Å²) in [5.41, 5.74) is 4.24. The maximum absolute atomic E-state index is 12.7. The van der Waals surface area contributed by atoms with Gasteiger partial charge in [-0.15, -0.1) is 0 Å². The third-order valence-electron chi connectivity index (χ3n) is 8.74. The van der Waals surface area contributed by atoms with Crippen LogP contribution in [0, 0.1) is 5.41 Å². The molecule has 0 aliphatic carbocycles. The SMILES string of the molecule is CCC/C=C/CCCCC(O)C(=O)SCCNC(=O)CCNC(=O)C(O)C(C)(C)COP(=O)(O)OP(=O)(O)OCC1OC(n2cnc3c(N)ncnc32)C(O)C1OP(=O)(O)O. The van der Waals surface area contributed by atoms with Gasteiger partial charge in [-0.05, 0) is 25.7 Å². The molecule has 0 bridgehead atoms. The van der Waals surface area contributed by atoms with Crippen molar-refractivity contribution in [3.63, 3.8) is 0 Å². The number of hydrogen-bond acceptors (Lipinski definition) is 19. The average Bonchev–Trinajstić information content (AvgIpc) is 3.73. The molecular formula is C32H54N7O18P3S. The normalized spacial score (nSPS) is 21.5. The van der Waals surface area contributed by atoms with Crippen LogP contribution in [0.5, 0.6) is 0 Å². The summed E-state index contributed by atoms with van der Waals surface area (Å²) in [6.07, 6.45) is 0.956. The quantitative estimate of drug-likeness (QED) is 0.0338. The fourth-order valence-electron chi connectivity index (χ4n) is 5.50. The summed E-state index contributed by atoms with van der Waals surface area (Å²) in [6.45, 7) is 2.42. The molecule has 0 spiro atoms. The topological polar surface area (TPSA) is 384 Å². The Hall–Kier alpha value is -2.74. The highest BCUT2D eigenvalue weighted by Gasteiger charge is 2.50. The van der Waals surface area contributed by atoms with E-state index in [1.807, 2.05) is 0 Å². The van der Waals surface area contributed by atoms with E-state index >= 15 is 0 Å². The van der Waals surface area contributed by atoms with Gasteiger partial charge in [-0.3, -0.25) is 32.5 Å². The fraction of sp³-hybridized carbons (Fsp3) is 0.688. The van der Waals surface area contributed by atoms with Crippen molar-refractivity contribution >= 4 is 69.1 Å². The predicted octanol–water partition coefficient (Wildman–Crippen LogP) is 0.942. The van der Waals surface area contributed by atoms with E-state index in [1.165, 1.54) is 13.8 Å². The smallest absolute Gasteiger partial charge is 0.386 e. The molecule has 0 saturated carbocycles. The molecule has 8 atom stereocenters. The number of carbonyl (C=O) groups is 3. The number of allylic oxidation sites excluding steroid dienone is 2. The number of aliphatic hydroxyl groups is 3. The lowest BCUT2D eigenvalue weighted by Gasteiger charge is -2.30. The Labute approximate surface area is 354 Å². The lowest BCUT2D eigenvalue weighted by Crippen LogP contribution is -2.46. The number of imidazole rings is 1. The first-order chi connectivity index (χ1) is 28.5. The Balaban J connectivity index is 1.41. The van der Waals surface area contributed by atoms with Crippen molar-refractivity contribution in [3.8, 4) is 0 Å². The number of carbonyl (C=O) groups excluding carboxylic acids is 3. The number of phosphoric ester groups is 3. The van der Waals surface area contributed by atoms with Crippen molar-refractivity contribution in [1.82, 2.24) is 30.2 Å². The van der Waals surface area contributed by atoms with E-state index in [1.54, 1.807) is 0 Å². The number of phosphoric acid groups is 3. The minimum atomic E-state index is -5.58. The molecule has 346 valence electrons. The van der Waals surface area contributed by atoms with Gasteiger partial charge < -0.3 is 56.0 Å². The van der Waals surface area contributed by atoms with E-state index in [4.69, 9.17) is 19.5 Å². The zero-order valence-corrected chi connectivity index (χ0v) is 37.0. The van der Waals surface area contributed by atoms with E-state index in [9.17, 15) is 63.0 Å². The Kier molecular flexibility index (Phi) is 20.5. The summed E-state index contributed by atoms with van der Waals surface area (Å²) >= 11 is 0.889. The van der Waals surface area contributed by atoms with E-state index in [0.29, 0.717) is 12.8 Å². The van der Waals surface area contributed by atoms with Gasteiger partial charge in [-0.2, -0.15) is 4.31 Å². The van der Waals surface area contributed by atoms with Crippen LogP contribution in [-0.2, 0) is 50.7 Å². The zero-order valence-electron chi connectivity index (χ0n) is 33.5. The Morgan fingerprint density at radius 3 is 2.39 bits per heavy atom. The number of hydrogen-bond donors (Lipinski definition) is 10. The molecule has 29 heteroatoms. The van der Waals surface area contributed by atoms with E-state index in [-0.39, 0.29) is 42.2 Å². The highest BCUT2D eigenvalue weighted by atomic mass is 32.2. The predicted molar refractivity (Wildman–Crippen MR) is 216 cm³/mol. The highest BCUT2D eigenvalue weighted by molar-refractivity contribution is 8.13. The van der Waals surface area contributed by atoms with Crippen LogP contribution in [0.15, 0.2) is 24.8 Å². The van der Waals surface area contributed by atoms with Crippen LogP contribution in [-0.4, -0.2) is 134 Å². The first-order valence-electron chi connectivity index (χ1n) is 18.9. The summed E-state index contributed by atoms with van der Waals surface area (Å²) in [6, 6.07) is 0. The van der Waals surface area contributed by atoms with Gasteiger partial charge in [0.25, 0.3) is 0 Å². The number of anilines is 1. The first kappa shape index (κ1) is 52.6. The van der Waals surface area contributed by atoms with Gasteiger partial charge in [-0.25, -0.2) is 28.6 Å². The summed E-state index contributed by atoms with van der Waals surface area (Å²) in [4.78, 5) is 88.0. The molecule has 25 nitrogen and oxygen atoms in total. The second-order valence-electron chi connectivity index (χ2n) is 14.3. The molecule has 3 heterocycles. The first-order valence-corrected chi connectivity index (χ1v) is 24.4. The fourth-order valence-corrected chi connectivity index (χ4v) is 9.04. The molecule has 11 N–H and O–H groups in total. The van der Waals surface area contributed by atoms with Crippen molar-refractivity contribution in [2.24, 2.45) is 5.41 Å². The van der Waals surface area contributed by atoms with Gasteiger partial charge in [0.2, 0.25) is 16.9 Å². The van der Waals surface area contributed by atoms with Gasteiger partial charge in [0, 0.05) is 30.7 Å². The number of unbranched alkanes of at least 4 members (excludes halogenated alkanes) is 3. The maximum atomic E-state index is 12.7. The standard InChI is InChI=1S/C32H54N7O18P3S/c1-4-5-6-7-8-9-10-11-20(40)31(45)61-15-14-34-22(41)12-13-35-29(44)26(43)32(2,3)17-54-60(51,52)57-59(49,50)53-16-21-25(56-58(46,47)48)24(42)30(55-21)39-19-38-23-27(33)36-18-37-28(23)39/h6-7,18-21,24-26,30,40,42-43H,4-5,8-17H2,1-3H3,(H,34,41)(H,35,44)(H,49,50)(H,51,52)(H2,33,36,37)(H2,46,47,48)/b7-6+. The van der Waals surface area contributed by atoms with Crippen LogP contribution >= 0.6 is 35.2 Å². The lowest BCUT2D eigenvalue weighted by molar-refractivity contribution is -0.137. The van der Waals surface area contributed by atoms with Gasteiger partial charge in [-0.1, -0.05) is 57.5 Å². The monoisotopic (exact) mass is 949 g/mol. The number of nitrogens with two attached hydrogens (primary N) is 1. The number of aliphatic hydroxyl groups excluding tert-OH is 3. The number of nitrogens with zero attached hydrogens (tertiary/aromatic N) is 4. The van der Waals surface area contributed by atoms with E-state index in [2.05, 4.69) is 53.5 Å². The number of nitrogens with one attached hydrogen (secondary N) is 2. The number of thioether (sulfide) groups is 1. The van der Waals surface area contributed by atoms with Gasteiger partial charge in [0.15, 0.2) is 17.7 Å². The molecule has 1 aliphatic rings. The van der Waals surface area contributed by atoms with Gasteiger partial charge in [0.05, 0.1) is 19.5 Å². The maximum Gasteiger partial charge on any atom is 0.481 e. The van der Waals surface area contributed by atoms with Crippen LogP contribution in [0.3, 0.4) is 0 Å². The van der Waals surface area contributed by atoms with Crippen LogP contribution in [0.1, 0.15) is 71.9 Å². The van der Waals surface area contributed by atoms with Crippen molar-refractivity contribution in [3.05, 3.63) is 24.8 Å². The van der Waals surface area contributed by atoms with Gasteiger partial charge >= 0.3 is 23.5 Å². The average molecular weight is 950 g/mol. The second kappa shape index (κ2) is 23.8. The van der Waals surface area contributed by atoms with Crippen molar-refractivity contribution in [1.29, 1.82) is 0 Å². The number of aromatic nitrogens is 4. The van der Waals surface area contributed by atoms with Gasteiger partial charge in [0.1, 0.15) is 42.4 Å². The number of fused-ring (bicyclic) bond motifs is 1. The number of ether oxygens (including phenoxy) is 1. The van der Waals surface area contributed by atoms with Crippen LogP contribution in [0.4, 0.5) is 5.82 Å². The minimum Gasteiger partial charge on any atom is -0.386 e.